The number of nitrogens with zero attached hydrogens (tertiary/aromatic N) is 1. The summed E-state index contributed by atoms with van der Waals surface area (Å²) in [5.41, 5.74) is 6.29. The van der Waals surface area contributed by atoms with E-state index in [4.69, 9.17) is 10.5 Å². The van der Waals surface area contributed by atoms with Crippen molar-refractivity contribution in [3.8, 4) is 0 Å². The maximum Gasteiger partial charge on any atom is 0.0593 e. The highest BCUT2D eigenvalue weighted by molar-refractivity contribution is 4.95. The Morgan fingerprint density at radius 1 is 1.28 bits per heavy atom. The average molecular weight is 256 g/mol. The standard InChI is InChI=1S/C15H32N2O/c1-4-6-7-10-17(3)15(13-16)9-11-18-14(12-15)8-5-2/h14H,4-13,16H2,1-3H3. The highest BCUT2D eigenvalue weighted by Gasteiger charge is 2.38. The van der Waals surface area contributed by atoms with E-state index in [1.54, 1.807) is 0 Å². The smallest absolute Gasteiger partial charge is 0.0593 e. The van der Waals surface area contributed by atoms with E-state index in [0.29, 0.717) is 6.10 Å². The van der Waals surface area contributed by atoms with Crippen LogP contribution < -0.4 is 5.73 Å². The third kappa shape index (κ3) is 4.22. The van der Waals surface area contributed by atoms with Crippen molar-refractivity contribution >= 4 is 0 Å². The summed E-state index contributed by atoms with van der Waals surface area (Å²) in [5.74, 6) is 0. The van der Waals surface area contributed by atoms with Crippen LogP contribution in [0.15, 0.2) is 0 Å². The van der Waals surface area contributed by atoms with Crippen LogP contribution in [0.1, 0.15) is 58.8 Å². The summed E-state index contributed by atoms with van der Waals surface area (Å²) in [6.07, 6.45) is 8.88. The Morgan fingerprint density at radius 3 is 2.67 bits per heavy atom. The lowest BCUT2D eigenvalue weighted by molar-refractivity contribution is -0.0670. The minimum Gasteiger partial charge on any atom is -0.378 e. The van der Waals surface area contributed by atoms with E-state index in [-0.39, 0.29) is 5.54 Å². The van der Waals surface area contributed by atoms with Gasteiger partial charge in [-0.15, -0.1) is 0 Å². The van der Waals surface area contributed by atoms with Gasteiger partial charge in [0.1, 0.15) is 0 Å². The summed E-state index contributed by atoms with van der Waals surface area (Å²) in [6, 6.07) is 0. The molecule has 1 rings (SSSR count). The van der Waals surface area contributed by atoms with E-state index in [1.165, 1.54) is 38.6 Å². The first-order valence-corrected chi connectivity index (χ1v) is 7.71. The first-order chi connectivity index (χ1) is 8.68. The molecule has 1 saturated heterocycles. The molecule has 108 valence electrons. The molecule has 0 saturated carbocycles. The van der Waals surface area contributed by atoms with Crippen molar-refractivity contribution in [2.45, 2.75) is 70.4 Å². The van der Waals surface area contributed by atoms with Crippen molar-refractivity contribution in [1.82, 2.24) is 4.90 Å². The fourth-order valence-electron chi connectivity index (χ4n) is 3.03. The Hall–Kier alpha value is -0.120. The molecule has 0 bridgehead atoms. The van der Waals surface area contributed by atoms with Gasteiger partial charge in [0.05, 0.1) is 6.10 Å². The molecule has 1 heterocycles. The lowest BCUT2D eigenvalue weighted by Gasteiger charge is -2.46. The molecule has 2 atom stereocenters. The van der Waals surface area contributed by atoms with Gasteiger partial charge in [-0.2, -0.15) is 0 Å². The van der Waals surface area contributed by atoms with Crippen LogP contribution >= 0.6 is 0 Å². The Bertz CT molecular complexity index is 221. The maximum atomic E-state index is 6.10. The van der Waals surface area contributed by atoms with Gasteiger partial charge in [0.2, 0.25) is 0 Å². The molecular formula is C15H32N2O. The van der Waals surface area contributed by atoms with E-state index >= 15 is 0 Å². The number of ether oxygens (including phenoxy) is 1. The molecule has 0 aliphatic carbocycles. The zero-order valence-corrected chi connectivity index (χ0v) is 12.6. The van der Waals surface area contributed by atoms with Gasteiger partial charge in [-0.3, -0.25) is 4.90 Å². The maximum absolute atomic E-state index is 6.10. The third-order valence-electron chi connectivity index (χ3n) is 4.43. The molecule has 0 amide bonds. The van der Waals surface area contributed by atoms with Gasteiger partial charge in [-0.25, -0.2) is 0 Å². The molecule has 0 radical (unpaired) electrons. The quantitative estimate of drug-likeness (QED) is 0.679. The van der Waals surface area contributed by atoms with E-state index in [2.05, 4.69) is 25.8 Å². The van der Waals surface area contributed by atoms with Gasteiger partial charge in [-0.05, 0) is 39.3 Å². The van der Waals surface area contributed by atoms with Crippen molar-refractivity contribution in [3.05, 3.63) is 0 Å². The van der Waals surface area contributed by atoms with Gasteiger partial charge in [-0.1, -0.05) is 33.1 Å². The van der Waals surface area contributed by atoms with E-state index in [9.17, 15) is 0 Å². The summed E-state index contributed by atoms with van der Waals surface area (Å²) in [6.45, 7) is 7.29. The van der Waals surface area contributed by atoms with E-state index in [1.807, 2.05) is 0 Å². The van der Waals surface area contributed by atoms with Crippen LogP contribution in [0, 0.1) is 0 Å². The number of rotatable bonds is 8. The molecule has 3 heteroatoms. The second-order valence-electron chi connectivity index (χ2n) is 5.79. The van der Waals surface area contributed by atoms with Gasteiger partial charge in [0, 0.05) is 18.7 Å². The summed E-state index contributed by atoms with van der Waals surface area (Å²) in [7, 11) is 2.25. The lowest BCUT2D eigenvalue weighted by Crippen LogP contribution is -2.57. The zero-order valence-electron chi connectivity index (χ0n) is 12.6. The molecule has 1 aliphatic rings. The molecule has 2 unspecified atom stereocenters. The molecule has 1 aliphatic heterocycles. The number of unbranched alkanes of at least 4 members (excludes halogenated alkanes) is 2. The van der Waals surface area contributed by atoms with Crippen molar-refractivity contribution in [1.29, 1.82) is 0 Å². The highest BCUT2D eigenvalue weighted by Crippen LogP contribution is 2.31. The number of nitrogens with two attached hydrogens (primary N) is 1. The molecule has 0 aromatic carbocycles. The van der Waals surface area contributed by atoms with Crippen LogP contribution in [0.2, 0.25) is 0 Å². The lowest BCUT2D eigenvalue weighted by atomic mass is 9.83. The van der Waals surface area contributed by atoms with Gasteiger partial charge < -0.3 is 10.5 Å². The average Bonchev–Trinajstić information content (AvgIpc) is 2.39. The SMILES string of the molecule is CCCCCN(C)C1(CN)CCOC(CCC)C1. The summed E-state index contributed by atoms with van der Waals surface area (Å²) < 4.78 is 5.87. The number of hydrogen-bond acceptors (Lipinski definition) is 3. The molecule has 18 heavy (non-hydrogen) atoms. The van der Waals surface area contributed by atoms with E-state index in [0.717, 1.165) is 26.0 Å². The number of hydrogen-bond donors (Lipinski definition) is 1. The monoisotopic (exact) mass is 256 g/mol. The summed E-state index contributed by atoms with van der Waals surface area (Å²) >= 11 is 0. The van der Waals surface area contributed by atoms with Crippen molar-refractivity contribution in [3.63, 3.8) is 0 Å². The van der Waals surface area contributed by atoms with Gasteiger partial charge in [0.25, 0.3) is 0 Å². The third-order valence-corrected chi connectivity index (χ3v) is 4.43. The molecule has 0 spiro atoms. The Kier molecular flexibility index (Phi) is 7.20. The molecule has 0 aromatic heterocycles. The Balaban J connectivity index is 2.53. The van der Waals surface area contributed by atoms with Crippen LogP contribution in [0.5, 0.6) is 0 Å². The first-order valence-electron chi connectivity index (χ1n) is 7.71. The highest BCUT2D eigenvalue weighted by atomic mass is 16.5. The topological polar surface area (TPSA) is 38.5 Å². The predicted octanol–water partition coefficient (Wildman–Crippen LogP) is 2.79. The first kappa shape index (κ1) is 15.9. The van der Waals surface area contributed by atoms with Crippen LogP contribution in [0.4, 0.5) is 0 Å². The van der Waals surface area contributed by atoms with Crippen LogP contribution in [-0.2, 0) is 4.74 Å². The minimum atomic E-state index is 0.186. The Morgan fingerprint density at radius 2 is 2.06 bits per heavy atom. The molecular weight excluding hydrogens is 224 g/mol. The number of likely N-dealkylation sites (N-methyl/N-ethyl adjacent to an activating group) is 1. The Labute approximate surface area is 113 Å². The second kappa shape index (κ2) is 8.13. The van der Waals surface area contributed by atoms with Crippen LogP contribution in [-0.4, -0.2) is 43.3 Å². The summed E-state index contributed by atoms with van der Waals surface area (Å²) in [4.78, 5) is 2.51. The predicted molar refractivity (Wildman–Crippen MR) is 77.8 cm³/mol. The van der Waals surface area contributed by atoms with Crippen molar-refractivity contribution in [2.75, 3.05) is 26.7 Å². The second-order valence-corrected chi connectivity index (χ2v) is 5.79. The van der Waals surface area contributed by atoms with Gasteiger partial charge >= 0.3 is 0 Å². The molecule has 1 fully saturated rings. The fraction of sp³-hybridized carbons (Fsp3) is 1.00. The van der Waals surface area contributed by atoms with Crippen LogP contribution in [0.25, 0.3) is 0 Å². The van der Waals surface area contributed by atoms with Crippen molar-refractivity contribution in [2.24, 2.45) is 5.73 Å². The molecule has 0 aromatic rings. The van der Waals surface area contributed by atoms with E-state index < -0.39 is 0 Å². The molecule has 2 N–H and O–H groups in total. The summed E-state index contributed by atoms with van der Waals surface area (Å²) in [5, 5.41) is 0. The fourth-order valence-corrected chi connectivity index (χ4v) is 3.03. The van der Waals surface area contributed by atoms with Crippen LogP contribution in [0.3, 0.4) is 0 Å². The van der Waals surface area contributed by atoms with Crippen molar-refractivity contribution < 1.29 is 4.74 Å². The normalized spacial score (nSPS) is 28.8. The van der Waals surface area contributed by atoms with Gasteiger partial charge in [0.15, 0.2) is 0 Å². The minimum absolute atomic E-state index is 0.186. The largest absolute Gasteiger partial charge is 0.378 e. The zero-order chi connectivity index (χ0) is 13.4. The molecule has 3 nitrogen and oxygen atoms in total.